The summed E-state index contributed by atoms with van der Waals surface area (Å²) in [6, 6.07) is 6.59. The molecule has 1 heterocycles. The number of benzene rings is 1. The summed E-state index contributed by atoms with van der Waals surface area (Å²) in [7, 11) is 0. The van der Waals surface area contributed by atoms with Crippen LogP contribution in [0.15, 0.2) is 24.4 Å². The number of aliphatic hydroxyl groups excluding tert-OH is 1. The van der Waals surface area contributed by atoms with Crippen LogP contribution in [0.4, 0.5) is 0 Å². The van der Waals surface area contributed by atoms with Gasteiger partial charge in [0.2, 0.25) is 0 Å². The molecule has 2 aromatic rings. The van der Waals surface area contributed by atoms with Crippen molar-refractivity contribution in [2.24, 2.45) is 0 Å². The lowest BCUT2D eigenvalue weighted by atomic mass is 10.1. The Morgan fingerprint density at radius 1 is 1.31 bits per heavy atom. The van der Waals surface area contributed by atoms with Gasteiger partial charge in [0.25, 0.3) is 0 Å². The molecule has 0 saturated heterocycles. The lowest BCUT2D eigenvalue weighted by molar-refractivity contribution is 0.280. The van der Waals surface area contributed by atoms with Crippen LogP contribution in [0.1, 0.15) is 24.5 Å². The smallest absolute Gasteiger partial charge is 0.0483 e. The van der Waals surface area contributed by atoms with Gasteiger partial charge in [-0.15, -0.1) is 0 Å². The Kier molecular flexibility index (Phi) is 3.30. The quantitative estimate of drug-likeness (QED) is 0.837. The fourth-order valence-electron chi connectivity index (χ4n) is 2.19. The molecule has 0 amide bonds. The molecule has 1 aromatic heterocycles. The third-order valence-electron chi connectivity index (χ3n) is 3.06. The van der Waals surface area contributed by atoms with E-state index in [9.17, 15) is 0 Å². The van der Waals surface area contributed by atoms with Gasteiger partial charge < -0.3 is 9.67 Å². The third kappa shape index (κ3) is 1.98. The molecular weight excluding hydrogens is 198 g/mol. The zero-order valence-electron chi connectivity index (χ0n) is 10.0. The van der Waals surface area contributed by atoms with Crippen molar-refractivity contribution in [2.45, 2.75) is 33.2 Å². The molecule has 2 rings (SSSR count). The SMILES string of the molecule is CCc1cn(CCCO)c2ccc(C)cc12. The Morgan fingerprint density at radius 3 is 2.81 bits per heavy atom. The van der Waals surface area contributed by atoms with Crippen molar-refractivity contribution in [3.63, 3.8) is 0 Å². The number of hydrogen-bond donors (Lipinski definition) is 1. The number of aliphatic hydroxyl groups is 1. The molecule has 0 aliphatic rings. The molecule has 0 saturated carbocycles. The van der Waals surface area contributed by atoms with Crippen LogP contribution in [-0.4, -0.2) is 16.3 Å². The highest BCUT2D eigenvalue weighted by atomic mass is 16.3. The Balaban J connectivity index is 2.50. The summed E-state index contributed by atoms with van der Waals surface area (Å²) in [5.41, 5.74) is 4.00. The minimum absolute atomic E-state index is 0.257. The van der Waals surface area contributed by atoms with Crippen molar-refractivity contribution in [3.05, 3.63) is 35.5 Å². The van der Waals surface area contributed by atoms with Gasteiger partial charge in [0.1, 0.15) is 0 Å². The number of fused-ring (bicyclic) bond motifs is 1. The summed E-state index contributed by atoms with van der Waals surface area (Å²) in [6.07, 6.45) is 4.10. The standard InChI is InChI=1S/C14H19NO/c1-3-12-10-15(7-4-8-16)14-6-5-11(2)9-13(12)14/h5-6,9-10,16H,3-4,7-8H2,1-2H3. The van der Waals surface area contributed by atoms with Crippen molar-refractivity contribution in [1.29, 1.82) is 0 Å². The zero-order chi connectivity index (χ0) is 11.5. The molecule has 16 heavy (non-hydrogen) atoms. The van der Waals surface area contributed by atoms with Crippen molar-refractivity contribution in [1.82, 2.24) is 4.57 Å². The average molecular weight is 217 g/mol. The maximum absolute atomic E-state index is 8.89. The van der Waals surface area contributed by atoms with Gasteiger partial charge in [-0.3, -0.25) is 0 Å². The van der Waals surface area contributed by atoms with Gasteiger partial charge in [-0.05, 0) is 37.5 Å². The van der Waals surface area contributed by atoms with Crippen LogP contribution in [-0.2, 0) is 13.0 Å². The molecule has 1 N–H and O–H groups in total. The van der Waals surface area contributed by atoms with E-state index in [0.29, 0.717) is 0 Å². The average Bonchev–Trinajstić information content (AvgIpc) is 2.63. The summed E-state index contributed by atoms with van der Waals surface area (Å²) in [5.74, 6) is 0. The molecule has 0 fully saturated rings. The van der Waals surface area contributed by atoms with E-state index in [1.54, 1.807) is 0 Å². The lowest BCUT2D eigenvalue weighted by Crippen LogP contribution is -1.98. The lowest BCUT2D eigenvalue weighted by Gasteiger charge is -2.03. The number of hydrogen-bond acceptors (Lipinski definition) is 1. The summed E-state index contributed by atoms with van der Waals surface area (Å²) >= 11 is 0. The van der Waals surface area contributed by atoms with Crippen molar-refractivity contribution in [3.8, 4) is 0 Å². The molecule has 0 radical (unpaired) electrons. The van der Waals surface area contributed by atoms with Crippen LogP contribution < -0.4 is 0 Å². The second-order valence-corrected chi connectivity index (χ2v) is 4.30. The van der Waals surface area contributed by atoms with Crippen molar-refractivity contribution < 1.29 is 5.11 Å². The van der Waals surface area contributed by atoms with Crippen molar-refractivity contribution >= 4 is 10.9 Å². The zero-order valence-corrected chi connectivity index (χ0v) is 10.0. The highest BCUT2D eigenvalue weighted by Gasteiger charge is 2.06. The summed E-state index contributed by atoms with van der Waals surface area (Å²) in [6.45, 7) is 5.47. The third-order valence-corrected chi connectivity index (χ3v) is 3.06. The Hall–Kier alpha value is -1.28. The summed E-state index contributed by atoms with van der Waals surface area (Å²) in [4.78, 5) is 0. The number of nitrogens with zero attached hydrogens (tertiary/aromatic N) is 1. The van der Waals surface area contributed by atoms with Crippen LogP contribution >= 0.6 is 0 Å². The molecule has 0 atom stereocenters. The number of aryl methyl sites for hydroxylation is 3. The molecular formula is C14H19NO. The van der Waals surface area contributed by atoms with E-state index in [1.807, 2.05) is 0 Å². The fourth-order valence-corrected chi connectivity index (χ4v) is 2.19. The first kappa shape index (κ1) is 11.2. The van der Waals surface area contributed by atoms with Gasteiger partial charge in [-0.25, -0.2) is 0 Å². The molecule has 0 spiro atoms. The second-order valence-electron chi connectivity index (χ2n) is 4.30. The molecule has 2 heteroatoms. The van der Waals surface area contributed by atoms with Crippen LogP contribution in [0.2, 0.25) is 0 Å². The first-order valence-electron chi connectivity index (χ1n) is 5.95. The predicted molar refractivity (Wildman–Crippen MR) is 67.8 cm³/mol. The highest BCUT2D eigenvalue weighted by molar-refractivity contribution is 5.84. The monoisotopic (exact) mass is 217 g/mol. The van der Waals surface area contributed by atoms with Gasteiger partial charge in [-0.2, -0.15) is 0 Å². The molecule has 0 aliphatic heterocycles. The van der Waals surface area contributed by atoms with E-state index >= 15 is 0 Å². The van der Waals surface area contributed by atoms with E-state index in [-0.39, 0.29) is 6.61 Å². The first-order valence-corrected chi connectivity index (χ1v) is 5.95. The maximum Gasteiger partial charge on any atom is 0.0483 e. The van der Waals surface area contributed by atoms with Gasteiger partial charge in [0, 0.05) is 30.3 Å². The Bertz CT molecular complexity index is 485. The van der Waals surface area contributed by atoms with Crippen LogP contribution in [0.5, 0.6) is 0 Å². The van der Waals surface area contributed by atoms with Gasteiger partial charge in [0.15, 0.2) is 0 Å². The largest absolute Gasteiger partial charge is 0.396 e. The number of rotatable bonds is 4. The molecule has 86 valence electrons. The molecule has 0 unspecified atom stereocenters. The summed E-state index contributed by atoms with van der Waals surface area (Å²) in [5, 5.41) is 10.3. The normalized spacial score (nSPS) is 11.2. The van der Waals surface area contributed by atoms with Crippen LogP contribution in [0.25, 0.3) is 10.9 Å². The van der Waals surface area contributed by atoms with Crippen LogP contribution in [0.3, 0.4) is 0 Å². The Morgan fingerprint density at radius 2 is 2.12 bits per heavy atom. The van der Waals surface area contributed by atoms with Gasteiger partial charge in [0.05, 0.1) is 0 Å². The second kappa shape index (κ2) is 4.71. The number of aromatic nitrogens is 1. The molecule has 0 aliphatic carbocycles. The van der Waals surface area contributed by atoms with E-state index in [2.05, 4.69) is 42.8 Å². The van der Waals surface area contributed by atoms with E-state index in [0.717, 1.165) is 19.4 Å². The maximum atomic E-state index is 8.89. The predicted octanol–water partition coefficient (Wildman–Crippen LogP) is 2.89. The van der Waals surface area contributed by atoms with Gasteiger partial charge in [-0.1, -0.05) is 18.6 Å². The molecule has 1 aromatic carbocycles. The van der Waals surface area contributed by atoms with E-state index in [4.69, 9.17) is 5.11 Å². The van der Waals surface area contributed by atoms with E-state index < -0.39 is 0 Å². The molecule has 2 nitrogen and oxygen atoms in total. The fraction of sp³-hybridized carbons (Fsp3) is 0.429. The summed E-state index contributed by atoms with van der Waals surface area (Å²) < 4.78 is 2.25. The Labute approximate surface area is 96.5 Å². The molecule has 0 bridgehead atoms. The van der Waals surface area contributed by atoms with Crippen molar-refractivity contribution in [2.75, 3.05) is 6.61 Å². The van der Waals surface area contributed by atoms with Crippen LogP contribution in [0, 0.1) is 6.92 Å². The minimum atomic E-state index is 0.257. The minimum Gasteiger partial charge on any atom is -0.396 e. The first-order chi connectivity index (χ1) is 7.76. The van der Waals surface area contributed by atoms with E-state index in [1.165, 1.54) is 22.0 Å². The highest BCUT2D eigenvalue weighted by Crippen LogP contribution is 2.23. The van der Waals surface area contributed by atoms with Gasteiger partial charge >= 0.3 is 0 Å². The topological polar surface area (TPSA) is 25.2 Å².